The molecular formula is C27H36FN3O6S. The number of nitrogens with zero attached hydrogens (tertiary/aromatic N) is 2. The molecule has 0 bridgehead atoms. The second-order valence-corrected chi connectivity index (χ2v) is 11.4. The fourth-order valence-electron chi connectivity index (χ4n) is 4.53. The zero-order chi connectivity index (χ0) is 27.9. The lowest BCUT2D eigenvalue weighted by molar-refractivity contribution is -0.139. The maximum absolute atomic E-state index is 13.7. The SMILES string of the molecule is COc1ccc(N(CC(=O)N(Cc2ccc(F)cc2)[C@H](C)C(=O)NC2CCCCC2)S(C)(=O)=O)cc1OC. The Balaban J connectivity index is 1.90. The number of amides is 2. The summed E-state index contributed by atoms with van der Waals surface area (Å²) in [6.07, 6.45) is 5.96. The minimum Gasteiger partial charge on any atom is -0.493 e. The van der Waals surface area contributed by atoms with E-state index in [1.807, 2.05) is 0 Å². The van der Waals surface area contributed by atoms with Crippen LogP contribution in [-0.2, 0) is 26.2 Å². The minimum absolute atomic E-state index is 0.00189. The van der Waals surface area contributed by atoms with Crippen molar-refractivity contribution in [3.05, 3.63) is 53.8 Å². The number of rotatable bonds is 11. The van der Waals surface area contributed by atoms with Crippen molar-refractivity contribution in [3.63, 3.8) is 0 Å². The number of ether oxygens (including phenoxy) is 2. The van der Waals surface area contributed by atoms with Gasteiger partial charge in [-0.3, -0.25) is 13.9 Å². The molecule has 2 amide bonds. The first kappa shape index (κ1) is 29.2. The monoisotopic (exact) mass is 549 g/mol. The standard InChI is InChI=1S/C27H36FN3O6S/c1-19(27(33)29-22-8-6-5-7-9-22)30(17-20-10-12-21(28)13-11-20)26(32)18-31(38(4,34)35)23-14-15-24(36-2)25(16-23)37-3/h10-16,19,22H,5-9,17-18H2,1-4H3,(H,29,33)/t19-/m1/s1. The first-order valence-corrected chi connectivity index (χ1v) is 14.4. The summed E-state index contributed by atoms with van der Waals surface area (Å²) in [4.78, 5) is 28.2. The van der Waals surface area contributed by atoms with Crippen LogP contribution >= 0.6 is 0 Å². The van der Waals surface area contributed by atoms with Gasteiger partial charge in [0.15, 0.2) is 11.5 Å². The summed E-state index contributed by atoms with van der Waals surface area (Å²) in [7, 11) is -1.01. The fraction of sp³-hybridized carbons (Fsp3) is 0.481. The molecule has 0 saturated heterocycles. The van der Waals surface area contributed by atoms with Crippen LogP contribution in [0.1, 0.15) is 44.6 Å². The van der Waals surface area contributed by atoms with Crippen LogP contribution in [0, 0.1) is 5.82 Å². The molecule has 11 heteroatoms. The average Bonchev–Trinajstić information content (AvgIpc) is 2.90. The Morgan fingerprint density at radius 1 is 1.03 bits per heavy atom. The molecule has 1 fully saturated rings. The third-order valence-electron chi connectivity index (χ3n) is 6.72. The quantitative estimate of drug-likeness (QED) is 0.460. The van der Waals surface area contributed by atoms with Crippen molar-refractivity contribution in [1.82, 2.24) is 10.2 Å². The van der Waals surface area contributed by atoms with E-state index in [0.717, 1.165) is 42.7 Å². The first-order valence-electron chi connectivity index (χ1n) is 12.6. The molecule has 1 N–H and O–H groups in total. The molecule has 1 saturated carbocycles. The van der Waals surface area contributed by atoms with Crippen molar-refractivity contribution in [1.29, 1.82) is 0 Å². The van der Waals surface area contributed by atoms with Crippen molar-refractivity contribution < 1.29 is 31.9 Å². The van der Waals surface area contributed by atoms with E-state index in [1.54, 1.807) is 13.0 Å². The van der Waals surface area contributed by atoms with Crippen LogP contribution in [-0.4, -0.2) is 64.2 Å². The van der Waals surface area contributed by atoms with Crippen molar-refractivity contribution in [2.24, 2.45) is 0 Å². The summed E-state index contributed by atoms with van der Waals surface area (Å²) < 4.78 is 50.5. The summed E-state index contributed by atoms with van der Waals surface area (Å²) in [5.41, 5.74) is 0.814. The molecule has 38 heavy (non-hydrogen) atoms. The smallest absolute Gasteiger partial charge is 0.244 e. The predicted octanol–water partition coefficient (Wildman–Crippen LogP) is 3.48. The van der Waals surface area contributed by atoms with Crippen LogP contribution in [0.25, 0.3) is 0 Å². The van der Waals surface area contributed by atoms with E-state index in [-0.39, 0.29) is 24.2 Å². The van der Waals surface area contributed by atoms with Crippen molar-refractivity contribution >= 4 is 27.5 Å². The van der Waals surface area contributed by atoms with Gasteiger partial charge in [0.1, 0.15) is 18.4 Å². The van der Waals surface area contributed by atoms with Crippen molar-refractivity contribution in [2.75, 3.05) is 31.3 Å². The van der Waals surface area contributed by atoms with Crippen molar-refractivity contribution in [3.8, 4) is 11.5 Å². The fourth-order valence-corrected chi connectivity index (χ4v) is 5.37. The highest BCUT2D eigenvalue weighted by atomic mass is 32.2. The number of sulfonamides is 1. The van der Waals surface area contributed by atoms with Crippen LogP contribution < -0.4 is 19.1 Å². The highest BCUT2D eigenvalue weighted by Gasteiger charge is 2.31. The highest BCUT2D eigenvalue weighted by Crippen LogP contribution is 2.32. The maximum Gasteiger partial charge on any atom is 0.244 e. The van der Waals surface area contributed by atoms with Crippen LogP contribution in [0.4, 0.5) is 10.1 Å². The molecule has 2 aromatic rings. The summed E-state index contributed by atoms with van der Waals surface area (Å²) in [6, 6.07) is 9.30. The maximum atomic E-state index is 13.7. The van der Waals surface area contributed by atoms with Crippen molar-refractivity contribution in [2.45, 2.75) is 57.7 Å². The summed E-state index contributed by atoms with van der Waals surface area (Å²) >= 11 is 0. The van der Waals surface area contributed by atoms with E-state index in [2.05, 4.69) is 5.32 Å². The van der Waals surface area contributed by atoms with Gasteiger partial charge in [0, 0.05) is 18.7 Å². The molecule has 0 aliphatic heterocycles. The van der Waals surface area contributed by atoms with E-state index in [4.69, 9.17) is 9.47 Å². The number of carbonyl (C=O) groups excluding carboxylic acids is 2. The van der Waals surface area contributed by atoms with Gasteiger partial charge in [0.2, 0.25) is 21.8 Å². The van der Waals surface area contributed by atoms with Gasteiger partial charge >= 0.3 is 0 Å². The van der Waals surface area contributed by atoms with Gasteiger partial charge in [-0.2, -0.15) is 0 Å². The van der Waals surface area contributed by atoms with E-state index in [9.17, 15) is 22.4 Å². The molecule has 3 rings (SSSR count). The number of carbonyl (C=O) groups is 2. The second-order valence-electron chi connectivity index (χ2n) is 9.48. The van der Waals surface area contributed by atoms with Gasteiger partial charge in [0.25, 0.3) is 0 Å². The molecular weight excluding hydrogens is 513 g/mol. The van der Waals surface area contributed by atoms with Crippen LogP contribution in [0.3, 0.4) is 0 Å². The Morgan fingerprint density at radius 2 is 1.66 bits per heavy atom. The zero-order valence-corrected chi connectivity index (χ0v) is 23.1. The molecule has 208 valence electrons. The minimum atomic E-state index is -3.90. The lowest BCUT2D eigenvalue weighted by Crippen LogP contribution is -2.52. The van der Waals surface area contributed by atoms with Gasteiger partial charge in [-0.05, 0) is 49.6 Å². The molecule has 0 spiro atoms. The van der Waals surface area contributed by atoms with Gasteiger partial charge < -0.3 is 19.7 Å². The van der Waals surface area contributed by atoms with Gasteiger partial charge in [0.05, 0.1) is 26.2 Å². The first-order chi connectivity index (χ1) is 18.0. The van der Waals surface area contributed by atoms with E-state index in [1.165, 1.54) is 55.5 Å². The summed E-state index contributed by atoms with van der Waals surface area (Å²) in [5.74, 6) is -0.618. The predicted molar refractivity (Wildman–Crippen MR) is 143 cm³/mol. The Morgan fingerprint density at radius 3 is 2.24 bits per heavy atom. The Labute approximate surface area is 224 Å². The van der Waals surface area contributed by atoms with Crippen LogP contribution in [0.5, 0.6) is 11.5 Å². The molecule has 2 aromatic carbocycles. The van der Waals surface area contributed by atoms with E-state index >= 15 is 0 Å². The normalized spacial score (nSPS) is 14.9. The Bertz CT molecular complexity index is 1220. The molecule has 0 aromatic heterocycles. The molecule has 0 radical (unpaired) electrons. The Kier molecular flexibility index (Phi) is 9.96. The van der Waals surface area contributed by atoms with Gasteiger partial charge in [-0.25, -0.2) is 12.8 Å². The van der Waals surface area contributed by atoms with Gasteiger partial charge in [-0.1, -0.05) is 31.4 Å². The molecule has 0 heterocycles. The summed E-state index contributed by atoms with van der Waals surface area (Å²) in [5, 5.41) is 3.04. The van der Waals surface area contributed by atoms with Gasteiger partial charge in [-0.15, -0.1) is 0 Å². The second kappa shape index (κ2) is 12.9. The van der Waals surface area contributed by atoms with Crippen LogP contribution in [0.2, 0.25) is 0 Å². The van der Waals surface area contributed by atoms with E-state index < -0.39 is 34.3 Å². The molecule has 0 unspecified atom stereocenters. The number of methoxy groups -OCH3 is 2. The molecule has 1 atom stereocenters. The molecule has 9 nitrogen and oxygen atoms in total. The number of benzene rings is 2. The summed E-state index contributed by atoms with van der Waals surface area (Å²) in [6.45, 7) is 1.07. The molecule has 1 aliphatic carbocycles. The topological polar surface area (TPSA) is 105 Å². The number of hydrogen-bond donors (Lipinski definition) is 1. The van der Waals surface area contributed by atoms with Crippen LogP contribution in [0.15, 0.2) is 42.5 Å². The van der Waals surface area contributed by atoms with E-state index in [0.29, 0.717) is 17.1 Å². The number of anilines is 1. The lowest BCUT2D eigenvalue weighted by Gasteiger charge is -2.33. The highest BCUT2D eigenvalue weighted by molar-refractivity contribution is 7.92. The molecule has 1 aliphatic rings. The average molecular weight is 550 g/mol. The third-order valence-corrected chi connectivity index (χ3v) is 7.86. The third kappa shape index (κ3) is 7.59. The Hall–Kier alpha value is -3.34. The number of halogens is 1. The zero-order valence-electron chi connectivity index (χ0n) is 22.3. The lowest BCUT2D eigenvalue weighted by atomic mass is 9.95. The largest absolute Gasteiger partial charge is 0.493 e. The number of nitrogens with one attached hydrogen (secondary N) is 1. The number of hydrogen-bond acceptors (Lipinski definition) is 6.